The van der Waals surface area contributed by atoms with Crippen LogP contribution in [0.5, 0.6) is 5.75 Å². The van der Waals surface area contributed by atoms with Gasteiger partial charge in [-0.2, -0.15) is 0 Å². The molecule has 2 aromatic rings. The number of urea groups is 1. The second kappa shape index (κ2) is 12.1. The summed E-state index contributed by atoms with van der Waals surface area (Å²) in [6, 6.07) is 9.98. The number of benzene rings is 1. The predicted molar refractivity (Wildman–Crippen MR) is 141 cm³/mol. The van der Waals surface area contributed by atoms with Gasteiger partial charge in [-0.05, 0) is 36.1 Å². The number of amides is 3. The van der Waals surface area contributed by atoms with Crippen molar-refractivity contribution in [3.05, 3.63) is 76.1 Å². The average Bonchev–Trinajstić information content (AvgIpc) is 3.46. The fraction of sp³-hybridized carbons (Fsp3) is 0.370. The van der Waals surface area contributed by atoms with E-state index in [1.54, 1.807) is 37.1 Å². The van der Waals surface area contributed by atoms with Crippen LogP contribution in [0.25, 0.3) is 0 Å². The lowest BCUT2D eigenvalue weighted by Crippen LogP contribution is -2.53. The summed E-state index contributed by atoms with van der Waals surface area (Å²) < 4.78 is 10.7. The van der Waals surface area contributed by atoms with Gasteiger partial charge in [0, 0.05) is 45.0 Å². The number of hydrogen-bond acceptors (Lipinski definition) is 7. The third kappa shape index (κ3) is 5.86. The number of carbonyl (C=O) groups is 3. The molecule has 0 aliphatic carbocycles. The van der Waals surface area contributed by atoms with Gasteiger partial charge >= 0.3 is 12.0 Å². The molecule has 1 aromatic carbocycles. The van der Waals surface area contributed by atoms with Gasteiger partial charge in [0.2, 0.25) is 0 Å². The molecular formula is C27H32N4O5S. The van der Waals surface area contributed by atoms with Gasteiger partial charge in [-0.15, -0.1) is 17.9 Å². The van der Waals surface area contributed by atoms with Gasteiger partial charge in [0.1, 0.15) is 5.75 Å². The van der Waals surface area contributed by atoms with Crippen LogP contribution in [0, 0.1) is 0 Å². The van der Waals surface area contributed by atoms with Crippen LogP contribution in [-0.2, 0) is 9.53 Å². The minimum atomic E-state index is -0.671. The first-order valence-corrected chi connectivity index (χ1v) is 13.1. The summed E-state index contributed by atoms with van der Waals surface area (Å²) in [6.45, 7) is 8.74. The monoisotopic (exact) mass is 524 g/mol. The van der Waals surface area contributed by atoms with Crippen LogP contribution >= 0.6 is 11.3 Å². The maximum Gasteiger partial charge on any atom is 0.338 e. The molecule has 3 heterocycles. The molecule has 2 aliphatic heterocycles. The smallest absolute Gasteiger partial charge is 0.338 e. The van der Waals surface area contributed by atoms with Gasteiger partial charge < -0.3 is 19.7 Å². The lowest BCUT2D eigenvalue weighted by molar-refractivity contribution is -0.139. The first kappa shape index (κ1) is 26.4. The normalized spacial score (nSPS) is 18.4. The maximum absolute atomic E-state index is 13.3. The van der Waals surface area contributed by atoms with Gasteiger partial charge in [0.05, 0.1) is 30.2 Å². The summed E-state index contributed by atoms with van der Waals surface area (Å²) >= 11 is 1.44. The molecule has 2 aliphatic rings. The molecule has 1 atom stereocenters. The molecule has 0 saturated carbocycles. The zero-order chi connectivity index (χ0) is 26.4. The molecule has 4 rings (SSSR count). The summed E-state index contributed by atoms with van der Waals surface area (Å²) in [5, 5.41) is 4.87. The topological polar surface area (TPSA) is 91.4 Å². The number of methoxy groups -OCH3 is 1. The molecule has 3 amide bonds. The van der Waals surface area contributed by atoms with Crippen molar-refractivity contribution in [1.82, 2.24) is 20.0 Å². The van der Waals surface area contributed by atoms with E-state index in [2.05, 4.69) is 16.8 Å². The lowest BCUT2D eigenvalue weighted by atomic mass is 9.94. The predicted octanol–water partition coefficient (Wildman–Crippen LogP) is 3.28. The Morgan fingerprint density at radius 3 is 2.49 bits per heavy atom. The van der Waals surface area contributed by atoms with E-state index in [0.29, 0.717) is 49.7 Å². The van der Waals surface area contributed by atoms with Crippen molar-refractivity contribution in [2.24, 2.45) is 0 Å². The van der Waals surface area contributed by atoms with E-state index < -0.39 is 12.0 Å². The fourth-order valence-electron chi connectivity index (χ4n) is 4.57. The highest BCUT2D eigenvalue weighted by Gasteiger charge is 2.39. The number of rotatable bonds is 9. The van der Waals surface area contributed by atoms with Crippen molar-refractivity contribution in [2.45, 2.75) is 13.0 Å². The summed E-state index contributed by atoms with van der Waals surface area (Å²) in [4.78, 5) is 45.6. The number of esters is 1. The van der Waals surface area contributed by atoms with Crippen molar-refractivity contribution < 1.29 is 23.9 Å². The van der Waals surface area contributed by atoms with Gasteiger partial charge in [0.15, 0.2) is 0 Å². The molecule has 0 spiro atoms. The van der Waals surface area contributed by atoms with Crippen LogP contribution in [-0.4, -0.2) is 85.6 Å². The van der Waals surface area contributed by atoms with Crippen molar-refractivity contribution in [1.29, 1.82) is 0 Å². The molecule has 0 bridgehead atoms. The zero-order valence-electron chi connectivity index (χ0n) is 21.1. The van der Waals surface area contributed by atoms with E-state index in [-0.39, 0.29) is 25.1 Å². The van der Waals surface area contributed by atoms with Crippen molar-refractivity contribution >= 4 is 29.2 Å². The van der Waals surface area contributed by atoms with Crippen LogP contribution in [0.2, 0.25) is 0 Å². The summed E-state index contributed by atoms with van der Waals surface area (Å²) in [7, 11) is 1.58. The van der Waals surface area contributed by atoms with Crippen molar-refractivity contribution in [3.8, 4) is 5.75 Å². The van der Waals surface area contributed by atoms with E-state index in [9.17, 15) is 14.4 Å². The quantitative estimate of drug-likeness (QED) is 0.400. The Hall–Kier alpha value is -3.63. The lowest BCUT2D eigenvalue weighted by Gasteiger charge is -2.40. The average molecular weight is 525 g/mol. The van der Waals surface area contributed by atoms with E-state index in [0.717, 1.165) is 10.4 Å². The van der Waals surface area contributed by atoms with Crippen LogP contribution in [0.1, 0.15) is 28.2 Å². The first-order chi connectivity index (χ1) is 18.0. The SMILES string of the molecule is C=CCN1C(=O)NC(c2ccc(OC)cc2)C(C(=O)OCC)=C1CN1CCN(C(=O)c2cccs2)CC1. The molecule has 0 radical (unpaired) electrons. The van der Waals surface area contributed by atoms with Gasteiger partial charge in [-0.3, -0.25) is 14.6 Å². The molecule has 1 unspecified atom stereocenters. The second-order valence-corrected chi connectivity index (χ2v) is 9.63. The second-order valence-electron chi connectivity index (χ2n) is 8.68. The maximum atomic E-state index is 13.3. The number of carbonyl (C=O) groups excluding carboxylic acids is 3. The number of nitrogens with one attached hydrogen (secondary N) is 1. The molecule has 196 valence electrons. The molecular weight excluding hydrogens is 492 g/mol. The van der Waals surface area contributed by atoms with Crippen LogP contribution in [0.15, 0.2) is 65.7 Å². The van der Waals surface area contributed by atoms with Crippen LogP contribution in [0.3, 0.4) is 0 Å². The highest BCUT2D eigenvalue weighted by molar-refractivity contribution is 7.12. The molecule has 1 fully saturated rings. The Morgan fingerprint density at radius 1 is 1.16 bits per heavy atom. The van der Waals surface area contributed by atoms with E-state index >= 15 is 0 Å². The summed E-state index contributed by atoms with van der Waals surface area (Å²) in [6.07, 6.45) is 1.63. The minimum Gasteiger partial charge on any atom is -0.497 e. The summed E-state index contributed by atoms with van der Waals surface area (Å²) in [5.74, 6) is 0.237. The standard InChI is InChI=1S/C27H32N4O5S/c1-4-12-31-21(18-29-13-15-30(16-14-29)25(32)22-7-6-17-37-22)23(26(33)36-5-2)24(28-27(31)34)19-8-10-20(35-3)11-9-19/h4,6-11,17,24H,1,5,12-16,18H2,2-3H3,(H,28,34). The van der Waals surface area contributed by atoms with Gasteiger partial charge in [-0.1, -0.05) is 24.3 Å². The number of nitrogens with zero attached hydrogens (tertiary/aromatic N) is 3. The largest absolute Gasteiger partial charge is 0.497 e. The van der Waals surface area contributed by atoms with E-state index in [4.69, 9.17) is 9.47 Å². The Morgan fingerprint density at radius 2 is 1.89 bits per heavy atom. The Balaban J connectivity index is 1.63. The number of piperazine rings is 1. The van der Waals surface area contributed by atoms with Gasteiger partial charge in [0.25, 0.3) is 5.91 Å². The first-order valence-electron chi connectivity index (χ1n) is 12.2. The van der Waals surface area contributed by atoms with Crippen molar-refractivity contribution in [3.63, 3.8) is 0 Å². The van der Waals surface area contributed by atoms with E-state index in [1.165, 1.54) is 11.3 Å². The Labute approximate surface area is 220 Å². The third-order valence-corrected chi connectivity index (χ3v) is 7.32. The fourth-order valence-corrected chi connectivity index (χ4v) is 5.26. The van der Waals surface area contributed by atoms with Gasteiger partial charge in [-0.25, -0.2) is 9.59 Å². The zero-order valence-corrected chi connectivity index (χ0v) is 22.0. The van der Waals surface area contributed by atoms with Crippen molar-refractivity contribution in [2.75, 3.05) is 53.0 Å². The van der Waals surface area contributed by atoms with Crippen LogP contribution < -0.4 is 10.1 Å². The number of thiophene rings is 1. The number of ether oxygens (including phenoxy) is 2. The minimum absolute atomic E-state index is 0.0333. The van der Waals surface area contributed by atoms with E-state index in [1.807, 2.05) is 34.5 Å². The van der Waals surface area contributed by atoms with Crippen LogP contribution in [0.4, 0.5) is 4.79 Å². The molecule has 1 N–H and O–H groups in total. The molecule has 1 aromatic heterocycles. The summed E-state index contributed by atoms with van der Waals surface area (Å²) in [5.41, 5.74) is 1.73. The Bertz CT molecular complexity index is 1150. The highest BCUT2D eigenvalue weighted by Crippen LogP contribution is 2.33. The molecule has 9 nitrogen and oxygen atoms in total. The molecule has 37 heavy (non-hydrogen) atoms. The highest BCUT2D eigenvalue weighted by atomic mass is 32.1. The molecule has 10 heteroatoms. The Kier molecular flexibility index (Phi) is 8.62. The third-order valence-electron chi connectivity index (χ3n) is 6.46. The molecule has 1 saturated heterocycles. The number of hydrogen-bond donors (Lipinski definition) is 1.